The molecule has 1 saturated heterocycles. The average Bonchev–Trinajstić information content (AvgIpc) is 3.20. The Labute approximate surface area is 183 Å². The van der Waals surface area contributed by atoms with Gasteiger partial charge in [0.2, 0.25) is 5.91 Å². The van der Waals surface area contributed by atoms with Crippen molar-refractivity contribution in [3.05, 3.63) is 47.7 Å². The fraction of sp³-hybridized carbons (Fsp3) is 0.440. The Morgan fingerprint density at radius 1 is 1.19 bits per heavy atom. The summed E-state index contributed by atoms with van der Waals surface area (Å²) < 4.78 is 8.46. The van der Waals surface area contributed by atoms with Gasteiger partial charge in [-0.1, -0.05) is 18.2 Å². The van der Waals surface area contributed by atoms with Crippen molar-refractivity contribution in [3.63, 3.8) is 0 Å². The molecule has 0 radical (unpaired) electrons. The summed E-state index contributed by atoms with van der Waals surface area (Å²) in [4.78, 5) is 12.9. The summed E-state index contributed by atoms with van der Waals surface area (Å²) in [6.07, 6.45) is 2.33. The Bertz CT molecular complexity index is 1180. The van der Waals surface area contributed by atoms with Crippen LogP contribution in [0.15, 0.2) is 36.4 Å². The zero-order chi connectivity index (χ0) is 21.8. The maximum atomic E-state index is 12.9. The second-order valence-electron chi connectivity index (χ2n) is 9.58. The first-order valence-corrected chi connectivity index (χ1v) is 11.1. The van der Waals surface area contributed by atoms with E-state index in [-0.39, 0.29) is 5.91 Å². The first-order chi connectivity index (χ1) is 14.8. The quantitative estimate of drug-likeness (QED) is 0.586. The maximum absolute atomic E-state index is 12.9. The number of carbonyl (C=O) groups is 1. The van der Waals surface area contributed by atoms with Gasteiger partial charge in [-0.05, 0) is 68.5 Å². The number of benzene rings is 2. The Hall–Kier alpha value is -2.86. The summed E-state index contributed by atoms with van der Waals surface area (Å²) in [7, 11) is 2.01. The molecule has 1 aromatic heterocycles. The van der Waals surface area contributed by atoms with Gasteiger partial charge in [-0.25, -0.2) is 0 Å². The lowest BCUT2D eigenvalue weighted by atomic mass is 9.91. The van der Waals surface area contributed by atoms with Crippen LogP contribution in [0.2, 0.25) is 0 Å². The zero-order valence-corrected chi connectivity index (χ0v) is 18.7. The molecule has 162 valence electrons. The van der Waals surface area contributed by atoms with E-state index in [1.54, 1.807) is 0 Å². The van der Waals surface area contributed by atoms with E-state index in [9.17, 15) is 4.79 Å². The minimum atomic E-state index is -0.633. The molecule has 3 aromatic rings. The van der Waals surface area contributed by atoms with E-state index in [1.807, 2.05) is 30.8 Å². The molecule has 4 bridgehead atoms. The highest BCUT2D eigenvalue weighted by atomic mass is 16.5. The molecule has 1 amide bonds. The number of carbonyl (C=O) groups excluding carboxylic acids is 1. The minimum Gasteiger partial charge on any atom is -0.486 e. The SMILES string of the molecule is Cc1cc2c3c(n(C)nc3c1)CCCNC(=O)[C@]1(C)C[C@@](C)(CN1)Oc1cccc-2c1. The van der Waals surface area contributed by atoms with E-state index in [2.05, 4.69) is 48.7 Å². The third kappa shape index (κ3) is 3.49. The monoisotopic (exact) mass is 418 g/mol. The Kier molecular flexibility index (Phi) is 4.59. The van der Waals surface area contributed by atoms with E-state index in [4.69, 9.17) is 9.84 Å². The molecule has 2 aliphatic heterocycles. The topological polar surface area (TPSA) is 68.2 Å². The summed E-state index contributed by atoms with van der Waals surface area (Å²) in [6, 6.07) is 12.7. The van der Waals surface area contributed by atoms with Crippen molar-refractivity contribution in [2.45, 2.75) is 51.2 Å². The van der Waals surface area contributed by atoms with Crippen LogP contribution in [0.1, 0.15) is 37.9 Å². The van der Waals surface area contributed by atoms with Gasteiger partial charge in [0.05, 0.1) is 11.1 Å². The lowest BCUT2D eigenvalue weighted by molar-refractivity contribution is -0.126. The fourth-order valence-electron chi connectivity index (χ4n) is 5.20. The molecule has 6 heteroatoms. The van der Waals surface area contributed by atoms with Gasteiger partial charge in [0, 0.05) is 37.6 Å². The number of aromatic nitrogens is 2. The highest BCUT2D eigenvalue weighted by molar-refractivity contribution is 5.97. The van der Waals surface area contributed by atoms with Crippen LogP contribution in [0, 0.1) is 6.92 Å². The van der Waals surface area contributed by atoms with E-state index in [1.165, 1.54) is 22.2 Å². The number of hydrogen-bond donors (Lipinski definition) is 2. The molecule has 2 aromatic carbocycles. The van der Waals surface area contributed by atoms with Gasteiger partial charge in [-0.2, -0.15) is 5.10 Å². The van der Waals surface area contributed by atoms with Crippen LogP contribution in [-0.4, -0.2) is 39.9 Å². The molecule has 2 atom stereocenters. The van der Waals surface area contributed by atoms with Gasteiger partial charge in [-0.15, -0.1) is 0 Å². The Morgan fingerprint density at radius 2 is 2.03 bits per heavy atom. The summed E-state index contributed by atoms with van der Waals surface area (Å²) in [5.74, 6) is 0.857. The zero-order valence-electron chi connectivity index (χ0n) is 18.7. The van der Waals surface area contributed by atoms with Crippen molar-refractivity contribution in [1.29, 1.82) is 0 Å². The molecule has 31 heavy (non-hydrogen) atoms. The van der Waals surface area contributed by atoms with Crippen LogP contribution in [0.5, 0.6) is 5.75 Å². The number of amides is 1. The van der Waals surface area contributed by atoms with Gasteiger partial charge in [0.1, 0.15) is 11.4 Å². The number of nitrogens with one attached hydrogen (secondary N) is 2. The predicted molar refractivity (Wildman–Crippen MR) is 122 cm³/mol. The molecular weight excluding hydrogens is 388 g/mol. The molecule has 2 aliphatic rings. The predicted octanol–water partition coefficient (Wildman–Crippen LogP) is 3.50. The number of ether oxygens (including phenoxy) is 1. The first kappa shape index (κ1) is 20.1. The van der Waals surface area contributed by atoms with Gasteiger partial charge >= 0.3 is 0 Å². The smallest absolute Gasteiger partial charge is 0.240 e. The Morgan fingerprint density at radius 3 is 2.87 bits per heavy atom. The van der Waals surface area contributed by atoms with Crippen molar-refractivity contribution < 1.29 is 9.53 Å². The highest BCUT2D eigenvalue weighted by Gasteiger charge is 2.48. The summed E-state index contributed by atoms with van der Waals surface area (Å²) in [5.41, 5.74) is 4.61. The second-order valence-corrected chi connectivity index (χ2v) is 9.58. The van der Waals surface area contributed by atoms with Gasteiger partial charge in [0.15, 0.2) is 0 Å². The van der Waals surface area contributed by atoms with E-state index in [0.29, 0.717) is 19.5 Å². The normalized spacial score (nSPS) is 26.1. The van der Waals surface area contributed by atoms with Crippen molar-refractivity contribution in [2.75, 3.05) is 13.1 Å². The first-order valence-electron chi connectivity index (χ1n) is 11.1. The number of nitrogens with zero attached hydrogens (tertiary/aromatic N) is 2. The van der Waals surface area contributed by atoms with Crippen molar-refractivity contribution in [1.82, 2.24) is 20.4 Å². The highest BCUT2D eigenvalue weighted by Crippen LogP contribution is 2.37. The summed E-state index contributed by atoms with van der Waals surface area (Å²) >= 11 is 0. The minimum absolute atomic E-state index is 0.0367. The standard InChI is InChI=1S/C25H30N4O2/c1-16-11-19-17-7-5-8-18(13-17)31-24(2)14-25(3,27-15-24)23(30)26-10-6-9-21-22(19)20(12-16)28-29(21)4/h5,7-8,11-13,27H,6,9-10,14-15H2,1-4H3,(H,26,30)/t24-,25-/m0/s1. The molecule has 0 unspecified atom stereocenters. The third-order valence-corrected chi connectivity index (χ3v) is 6.67. The van der Waals surface area contributed by atoms with Crippen molar-refractivity contribution in [3.8, 4) is 16.9 Å². The second kappa shape index (κ2) is 7.09. The van der Waals surface area contributed by atoms with Gasteiger partial charge < -0.3 is 10.1 Å². The maximum Gasteiger partial charge on any atom is 0.240 e. The molecule has 1 fully saturated rings. The number of aryl methyl sites for hydroxylation is 3. The number of hydrogen-bond acceptors (Lipinski definition) is 4. The lowest BCUT2D eigenvalue weighted by Crippen LogP contribution is -2.51. The van der Waals surface area contributed by atoms with Gasteiger partial charge in [-0.3, -0.25) is 14.8 Å². The van der Waals surface area contributed by atoms with Crippen LogP contribution < -0.4 is 15.4 Å². The lowest BCUT2D eigenvalue weighted by Gasteiger charge is -2.28. The molecule has 2 N–H and O–H groups in total. The van der Waals surface area contributed by atoms with Crippen LogP contribution in [0.3, 0.4) is 0 Å². The molecule has 0 saturated carbocycles. The molecular formula is C25H30N4O2. The van der Waals surface area contributed by atoms with Crippen molar-refractivity contribution >= 4 is 16.8 Å². The third-order valence-electron chi connectivity index (χ3n) is 6.67. The average molecular weight is 419 g/mol. The number of rotatable bonds is 0. The van der Waals surface area contributed by atoms with Crippen LogP contribution in [0.4, 0.5) is 0 Å². The molecule has 6 nitrogen and oxygen atoms in total. The van der Waals surface area contributed by atoms with Crippen LogP contribution >= 0.6 is 0 Å². The molecule has 5 rings (SSSR count). The number of fused-ring (bicyclic) bond motifs is 5. The molecule has 3 heterocycles. The van der Waals surface area contributed by atoms with E-state index >= 15 is 0 Å². The van der Waals surface area contributed by atoms with Gasteiger partial charge in [0.25, 0.3) is 0 Å². The Balaban J connectivity index is 1.67. The summed E-state index contributed by atoms with van der Waals surface area (Å²) in [5, 5.41) is 12.5. The molecule has 0 spiro atoms. The van der Waals surface area contributed by atoms with Crippen LogP contribution in [0.25, 0.3) is 22.0 Å². The largest absolute Gasteiger partial charge is 0.486 e. The van der Waals surface area contributed by atoms with E-state index < -0.39 is 11.1 Å². The van der Waals surface area contributed by atoms with Crippen LogP contribution in [-0.2, 0) is 18.3 Å². The van der Waals surface area contributed by atoms with Crippen molar-refractivity contribution in [2.24, 2.45) is 7.05 Å². The summed E-state index contributed by atoms with van der Waals surface area (Å²) in [6.45, 7) is 7.42. The molecule has 0 aliphatic carbocycles. The fourth-order valence-corrected chi connectivity index (χ4v) is 5.20. The van der Waals surface area contributed by atoms with E-state index in [0.717, 1.165) is 29.7 Å².